The van der Waals surface area contributed by atoms with Crippen LogP contribution in [0.25, 0.3) is 0 Å². The van der Waals surface area contributed by atoms with Crippen LogP contribution in [-0.4, -0.2) is 25.8 Å². The molecule has 1 amide bonds. The van der Waals surface area contributed by atoms with Crippen LogP contribution in [0.5, 0.6) is 0 Å². The first-order valence-electron chi connectivity index (χ1n) is 6.32. The molecule has 1 atom stereocenters. The van der Waals surface area contributed by atoms with Crippen molar-refractivity contribution < 1.29 is 26.4 Å². The fourth-order valence-electron chi connectivity index (χ4n) is 2.15. The number of hydrogen-bond acceptors (Lipinski definition) is 3. The molecule has 1 aromatic carbocycles. The van der Waals surface area contributed by atoms with Crippen molar-refractivity contribution in [1.29, 1.82) is 0 Å². The molecule has 21 heavy (non-hydrogen) atoms. The van der Waals surface area contributed by atoms with Gasteiger partial charge in [0.2, 0.25) is 5.91 Å². The van der Waals surface area contributed by atoms with Crippen molar-refractivity contribution >= 4 is 15.7 Å². The number of benzene rings is 1. The van der Waals surface area contributed by atoms with E-state index < -0.39 is 27.5 Å². The van der Waals surface area contributed by atoms with E-state index in [4.69, 9.17) is 0 Å². The average Bonchev–Trinajstić information content (AvgIpc) is 2.76. The van der Waals surface area contributed by atoms with Crippen molar-refractivity contribution in [3.05, 3.63) is 35.4 Å². The summed E-state index contributed by atoms with van der Waals surface area (Å²) in [5.74, 6) is -1.10. The zero-order valence-electron chi connectivity index (χ0n) is 11.0. The van der Waals surface area contributed by atoms with Crippen LogP contribution in [0.1, 0.15) is 17.5 Å². The first kappa shape index (κ1) is 15.8. The molecule has 0 aliphatic carbocycles. The number of rotatable bonds is 3. The van der Waals surface area contributed by atoms with Crippen molar-refractivity contribution in [2.45, 2.75) is 19.1 Å². The molecule has 1 aromatic rings. The van der Waals surface area contributed by atoms with Crippen LogP contribution in [0.2, 0.25) is 0 Å². The Bertz CT molecular complexity index is 623. The van der Waals surface area contributed by atoms with E-state index in [1.165, 1.54) is 12.1 Å². The Labute approximate surface area is 120 Å². The second-order valence-corrected chi connectivity index (χ2v) is 7.24. The van der Waals surface area contributed by atoms with Gasteiger partial charge in [-0.2, -0.15) is 13.2 Å². The Morgan fingerprint density at radius 3 is 2.33 bits per heavy atom. The van der Waals surface area contributed by atoms with Crippen molar-refractivity contribution in [1.82, 2.24) is 5.32 Å². The van der Waals surface area contributed by atoms with Gasteiger partial charge in [-0.1, -0.05) is 12.1 Å². The molecule has 1 N–H and O–H groups in total. The SMILES string of the molecule is O=C(NCc1ccc(C(F)(F)F)cc1)[C@H]1CCS(=O)(=O)C1. The molecule has 0 bridgehead atoms. The van der Waals surface area contributed by atoms with E-state index in [1.807, 2.05) is 0 Å². The van der Waals surface area contributed by atoms with Crippen molar-refractivity contribution in [2.24, 2.45) is 5.92 Å². The molecule has 116 valence electrons. The summed E-state index contributed by atoms with van der Waals surface area (Å²) in [5, 5.41) is 2.55. The molecule has 4 nitrogen and oxygen atoms in total. The molecule has 2 rings (SSSR count). The van der Waals surface area contributed by atoms with Gasteiger partial charge in [0.1, 0.15) is 0 Å². The third kappa shape index (κ3) is 4.20. The predicted molar refractivity (Wildman–Crippen MR) is 70.1 cm³/mol. The Kier molecular flexibility index (Phi) is 4.27. The van der Waals surface area contributed by atoms with Gasteiger partial charge in [0.05, 0.1) is 23.0 Å². The van der Waals surface area contributed by atoms with E-state index in [-0.39, 0.29) is 24.0 Å². The predicted octanol–water partition coefficient (Wildman–Crippen LogP) is 1.76. The van der Waals surface area contributed by atoms with Crippen LogP contribution in [0, 0.1) is 5.92 Å². The van der Waals surface area contributed by atoms with Crippen LogP contribution < -0.4 is 5.32 Å². The van der Waals surface area contributed by atoms with Crippen LogP contribution in [0.4, 0.5) is 13.2 Å². The maximum absolute atomic E-state index is 12.4. The zero-order chi connectivity index (χ0) is 15.7. The summed E-state index contributed by atoms with van der Waals surface area (Å²) in [6, 6.07) is 4.46. The molecule has 1 fully saturated rings. The Morgan fingerprint density at radius 1 is 1.24 bits per heavy atom. The van der Waals surface area contributed by atoms with E-state index in [9.17, 15) is 26.4 Å². The molecule has 0 aromatic heterocycles. The van der Waals surface area contributed by atoms with Gasteiger partial charge < -0.3 is 5.32 Å². The van der Waals surface area contributed by atoms with Crippen molar-refractivity contribution in [3.63, 3.8) is 0 Å². The number of carbonyl (C=O) groups is 1. The normalized spacial score (nSPS) is 21.2. The third-order valence-electron chi connectivity index (χ3n) is 3.35. The highest BCUT2D eigenvalue weighted by Gasteiger charge is 2.33. The molecule has 0 spiro atoms. The third-order valence-corrected chi connectivity index (χ3v) is 5.12. The molecule has 8 heteroatoms. The molecule has 0 unspecified atom stereocenters. The lowest BCUT2D eigenvalue weighted by Crippen LogP contribution is -2.30. The minimum absolute atomic E-state index is 0.00532. The first-order valence-corrected chi connectivity index (χ1v) is 8.14. The highest BCUT2D eigenvalue weighted by Crippen LogP contribution is 2.29. The summed E-state index contributed by atoms with van der Waals surface area (Å²) in [6.07, 6.45) is -4.10. The highest BCUT2D eigenvalue weighted by molar-refractivity contribution is 7.91. The quantitative estimate of drug-likeness (QED) is 0.923. The summed E-state index contributed by atoms with van der Waals surface area (Å²) in [5.41, 5.74) is -0.225. The average molecular weight is 321 g/mol. The van der Waals surface area contributed by atoms with E-state index >= 15 is 0 Å². The van der Waals surface area contributed by atoms with E-state index in [1.54, 1.807) is 0 Å². The van der Waals surface area contributed by atoms with Crippen LogP contribution in [0.3, 0.4) is 0 Å². The lowest BCUT2D eigenvalue weighted by Gasteiger charge is -2.10. The molecule has 1 saturated heterocycles. The summed E-state index contributed by atoms with van der Waals surface area (Å²) in [4.78, 5) is 11.8. The van der Waals surface area contributed by atoms with Gasteiger partial charge in [0, 0.05) is 6.54 Å². The Balaban J connectivity index is 1.90. The van der Waals surface area contributed by atoms with E-state index in [0.29, 0.717) is 12.0 Å². The maximum Gasteiger partial charge on any atom is 0.416 e. The first-order chi connectivity index (χ1) is 9.67. The summed E-state index contributed by atoms with van der Waals surface area (Å²) in [6.45, 7) is 0.0769. The Morgan fingerprint density at radius 2 is 1.86 bits per heavy atom. The lowest BCUT2D eigenvalue weighted by atomic mass is 10.1. The number of sulfone groups is 1. The molecule has 0 radical (unpaired) electrons. The molecule has 1 aliphatic rings. The van der Waals surface area contributed by atoms with E-state index in [0.717, 1.165) is 12.1 Å². The second-order valence-electron chi connectivity index (χ2n) is 5.01. The minimum Gasteiger partial charge on any atom is -0.352 e. The van der Waals surface area contributed by atoms with Gasteiger partial charge in [0.15, 0.2) is 9.84 Å². The number of amides is 1. The number of carbonyl (C=O) groups excluding carboxylic acids is 1. The topological polar surface area (TPSA) is 63.2 Å². The standard InChI is InChI=1S/C13H14F3NO3S/c14-13(15,16)11-3-1-9(2-4-11)7-17-12(18)10-5-6-21(19,20)8-10/h1-4,10H,5-8H2,(H,17,18)/t10-/m0/s1. The minimum atomic E-state index is -4.39. The largest absolute Gasteiger partial charge is 0.416 e. The Hall–Kier alpha value is -1.57. The molecule has 0 saturated carbocycles. The fraction of sp³-hybridized carbons (Fsp3) is 0.462. The van der Waals surface area contributed by atoms with Gasteiger partial charge in [0.25, 0.3) is 0 Å². The monoisotopic (exact) mass is 321 g/mol. The molecule has 1 aliphatic heterocycles. The van der Waals surface area contributed by atoms with Gasteiger partial charge in [-0.15, -0.1) is 0 Å². The van der Waals surface area contributed by atoms with Crippen LogP contribution in [-0.2, 0) is 27.4 Å². The van der Waals surface area contributed by atoms with Crippen LogP contribution in [0.15, 0.2) is 24.3 Å². The number of nitrogens with one attached hydrogen (secondary N) is 1. The zero-order valence-corrected chi connectivity index (χ0v) is 11.8. The van der Waals surface area contributed by atoms with Gasteiger partial charge in [-0.3, -0.25) is 4.79 Å². The lowest BCUT2D eigenvalue weighted by molar-refractivity contribution is -0.137. The molecular formula is C13H14F3NO3S. The maximum atomic E-state index is 12.4. The number of halogens is 3. The number of hydrogen-bond donors (Lipinski definition) is 1. The summed E-state index contributed by atoms with van der Waals surface area (Å²) >= 11 is 0. The van der Waals surface area contributed by atoms with Crippen LogP contribution >= 0.6 is 0 Å². The van der Waals surface area contributed by atoms with Gasteiger partial charge in [-0.25, -0.2) is 8.42 Å². The summed E-state index contributed by atoms with van der Waals surface area (Å²) in [7, 11) is -3.13. The van der Waals surface area contributed by atoms with Crippen molar-refractivity contribution in [3.8, 4) is 0 Å². The van der Waals surface area contributed by atoms with E-state index in [2.05, 4.69) is 5.32 Å². The van der Waals surface area contributed by atoms with Crippen molar-refractivity contribution in [2.75, 3.05) is 11.5 Å². The molecular weight excluding hydrogens is 307 g/mol. The highest BCUT2D eigenvalue weighted by atomic mass is 32.2. The van der Waals surface area contributed by atoms with Gasteiger partial charge in [-0.05, 0) is 24.1 Å². The molecule has 1 heterocycles. The summed E-state index contributed by atoms with van der Waals surface area (Å²) < 4.78 is 59.7. The fourth-order valence-corrected chi connectivity index (χ4v) is 3.89. The smallest absolute Gasteiger partial charge is 0.352 e. The number of alkyl halides is 3. The second kappa shape index (κ2) is 5.67. The van der Waals surface area contributed by atoms with Gasteiger partial charge >= 0.3 is 6.18 Å².